The molecule has 0 bridgehead atoms. The number of methoxy groups -OCH3 is 1. The average Bonchev–Trinajstić information content (AvgIpc) is 3.48. The Kier molecular flexibility index (Phi) is 9.38. The highest BCUT2D eigenvalue weighted by molar-refractivity contribution is 5.85. The van der Waals surface area contributed by atoms with Gasteiger partial charge in [0.15, 0.2) is 0 Å². The number of hydrogen-bond donors (Lipinski definition) is 1. The molecular weight excluding hydrogens is 505 g/mol. The lowest BCUT2D eigenvalue weighted by Crippen LogP contribution is -2.47. The van der Waals surface area contributed by atoms with E-state index in [0.717, 1.165) is 50.8 Å². The molecule has 206 valence electrons. The lowest BCUT2D eigenvalue weighted by molar-refractivity contribution is 0.0884. The second-order valence-corrected chi connectivity index (χ2v) is 11.4. The van der Waals surface area contributed by atoms with Gasteiger partial charge in [-0.25, -0.2) is 0 Å². The van der Waals surface area contributed by atoms with Gasteiger partial charge in [0.25, 0.3) is 0 Å². The standard InChI is InChI=1S/C30H43N3O2.2ClH/c1-19-20(2)29-26(27(30(5,6)35-29)24-11-12-31-18-24)21(3)28(19)33-15-13-32(14-16-33)22(4)23-9-8-10-25(17-23)34-7;;/h8-10,17,22,24,27,31H,11-16,18H2,1-7H3;2*1H. The average molecular weight is 551 g/mol. The van der Waals surface area contributed by atoms with Crippen molar-refractivity contribution in [3.05, 3.63) is 52.1 Å². The van der Waals surface area contributed by atoms with Crippen molar-refractivity contribution in [1.82, 2.24) is 10.2 Å². The number of halogens is 2. The first kappa shape index (κ1) is 29.9. The zero-order valence-electron chi connectivity index (χ0n) is 23.5. The number of anilines is 1. The molecule has 0 saturated carbocycles. The third kappa shape index (κ3) is 5.30. The Bertz CT molecular complexity index is 1090. The first-order valence-electron chi connectivity index (χ1n) is 13.4. The molecule has 5 rings (SSSR count). The Hall–Kier alpha value is -1.66. The maximum atomic E-state index is 6.71. The van der Waals surface area contributed by atoms with Crippen molar-refractivity contribution in [3.8, 4) is 11.5 Å². The van der Waals surface area contributed by atoms with Crippen LogP contribution >= 0.6 is 24.8 Å². The van der Waals surface area contributed by atoms with Crippen LogP contribution in [0.1, 0.15) is 67.0 Å². The summed E-state index contributed by atoms with van der Waals surface area (Å²) in [5.74, 6) is 3.18. The minimum Gasteiger partial charge on any atom is -0.497 e. The van der Waals surface area contributed by atoms with Crippen LogP contribution in [-0.2, 0) is 0 Å². The van der Waals surface area contributed by atoms with Crippen LogP contribution in [0, 0.1) is 26.7 Å². The van der Waals surface area contributed by atoms with Gasteiger partial charge in [0, 0.05) is 49.4 Å². The summed E-state index contributed by atoms with van der Waals surface area (Å²) in [4.78, 5) is 5.25. The van der Waals surface area contributed by atoms with Crippen molar-refractivity contribution in [3.63, 3.8) is 0 Å². The van der Waals surface area contributed by atoms with Gasteiger partial charge in [0.2, 0.25) is 0 Å². The molecule has 7 heteroatoms. The zero-order valence-corrected chi connectivity index (χ0v) is 25.2. The minimum absolute atomic E-state index is 0. The van der Waals surface area contributed by atoms with Gasteiger partial charge in [-0.3, -0.25) is 4.90 Å². The van der Waals surface area contributed by atoms with Crippen LogP contribution < -0.4 is 19.7 Å². The topological polar surface area (TPSA) is 37.0 Å². The molecule has 0 spiro atoms. The van der Waals surface area contributed by atoms with E-state index in [1.165, 1.54) is 39.9 Å². The summed E-state index contributed by atoms with van der Waals surface area (Å²) in [5.41, 5.74) is 8.25. The molecule has 2 fully saturated rings. The normalized spacial score (nSPS) is 23.5. The Morgan fingerprint density at radius 3 is 2.35 bits per heavy atom. The predicted molar refractivity (Wildman–Crippen MR) is 159 cm³/mol. The largest absolute Gasteiger partial charge is 0.497 e. The Morgan fingerprint density at radius 1 is 1.03 bits per heavy atom. The van der Waals surface area contributed by atoms with E-state index in [1.54, 1.807) is 7.11 Å². The molecule has 0 radical (unpaired) electrons. The van der Waals surface area contributed by atoms with E-state index in [0.29, 0.717) is 17.9 Å². The van der Waals surface area contributed by atoms with Crippen LogP contribution in [0.3, 0.4) is 0 Å². The Labute approximate surface area is 236 Å². The highest BCUT2D eigenvalue weighted by atomic mass is 35.5. The molecule has 0 aromatic heterocycles. The van der Waals surface area contributed by atoms with Gasteiger partial charge in [0.05, 0.1) is 7.11 Å². The van der Waals surface area contributed by atoms with Crippen molar-refractivity contribution in [1.29, 1.82) is 0 Å². The van der Waals surface area contributed by atoms with Crippen LogP contribution in [0.25, 0.3) is 0 Å². The Morgan fingerprint density at radius 2 is 1.73 bits per heavy atom. The van der Waals surface area contributed by atoms with E-state index in [4.69, 9.17) is 9.47 Å². The van der Waals surface area contributed by atoms with Gasteiger partial charge in [-0.1, -0.05) is 12.1 Å². The fourth-order valence-electron chi connectivity index (χ4n) is 6.99. The SMILES string of the molecule is COc1cccc(C(C)N2CCN(c3c(C)c(C)c4c(c3C)C(C3CCNC3)C(C)(C)O4)CC2)c1.Cl.Cl. The van der Waals surface area contributed by atoms with Gasteiger partial charge >= 0.3 is 0 Å². The van der Waals surface area contributed by atoms with Crippen LogP contribution in [-0.4, -0.2) is 56.9 Å². The van der Waals surface area contributed by atoms with E-state index in [-0.39, 0.29) is 30.4 Å². The summed E-state index contributed by atoms with van der Waals surface area (Å²) in [5, 5.41) is 3.60. The second-order valence-electron chi connectivity index (χ2n) is 11.4. The van der Waals surface area contributed by atoms with E-state index in [1.807, 2.05) is 6.07 Å². The zero-order chi connectivity index (χ0) is 24.9. The molecule has 3 unspecified atom stereocenters. The van der Waals surface area contributed by atoms with E-state index < -0.39 is 0 Å². The molecule has 2 aromatic carbocycles. The van der Waals surface area contributed by atoms with Gasteiger partial charge in [-0.2, -0.15) is 0 Å². The van der Waals surface area contributed by atoms with E-state index in [9.17, 15) is 0 Å². The molecule has 5 nitrogen and oxygen atoms in total. The summed E-state index contributed by atoms with van der Waals surface area (Å²) in [6, 6.07) is 8.90. The number of nitrogens with one attached hydrogen (secondary N) is 1. The first-order valence-corrected chi connectivity index (χ1v) is 13.4. The summed E-state index contributed by atoms with van der Waals surface area (Å²) in [6.45, 7) is 20.3. The number of benzene rings is 2. The second kappa shape index (κ2) is 11.6. The quantitative estimate of drug-likeness (QED) is 0.479. The third-order valence-electron chi connectivity index (χ3n) is 9.01. The van der Waals surface area contributed by atoms with E-state index >= 15 is 0 Å². The lowest BCUT2D eigenvalue weighted by Gasteiger charge is -2.41. The van der Waals surface area contributed by atoms with Crippen LogP contribution in [0.15, 0.2) is 24.3 Å². The van der Waals surface area contributed by atoms with Gasteiger partial charge < -0.3 is 19.7 Å². The summed E-state index contributed by atoms with van der Waals surface area (Å²) in [7, 11) is 1.74. The van der Waals surface area contributed by atoms with Gasteiger partial charge in [-0.05, 0) is 101 Å². The predicted octanol–water partition coefficient (Wildman–Crippen LogP) is 6.21. The van der Waals surface area contributed by atoms with Crippen molar-refractivity contribution in [2.45, 2.75) is 65.5 Å². The summed E-state index contributed by atoms with van der Waals surface area (Å²) in [6.07, 6.45) is 1.24. The minimum atomic E-state index is -0.162. The fraction of sp³-hybridized carbons (Fsp3) is 0.600. The number of rotatable bonds is 5. The number of fused-ring (bicyclic) bond motifs is 1. The molecule has 2 saturated heterocycles. The molecule has 3 aliphatic rings. The lowest BCUT2D eigenvalue weighted by atomic mass is 9.74. The molecule has 3 aliphatic heterocycles. The maximum Gasteiger partial charge on any atom is 0.127 e. The molecule has 0 aliphatic carbocycles. The summed E-state index contributed by atoms with van der Waals surface area (Å²) < 4.78 is 12.2. The number of nitrogens with zero attached hydrogens (tertiary/aromatic N) is 2. The highest BCUT2D eigenvalue weighted by Gasteiger charge is 2.48. The molecular formula is C30H45Cl2N3O2. The van der Waals surface area contributed by atoms with Crippen LogP contribution in [0.5, 0.6) is 11.5 Å². The van der Waals surface area contributed by atoms with Gasteiger partial charge in [-0.15, -0.1) is 24.8 Å². The molecule has 3 heterocycles. The van der Waals surface area contributed by atoms with Crippen molar-refractivity contribution in [2.75, 3.05) is 51.3 Å². The molecule has 2 aromatic rings. The van der Waals surface area contributed by atoms with E-state index in [2.05, 4.69) is 74.9 Å². The van der Waals surface area contributed by atoms with Crippen LogP contribution in [0.4, 0.5) is 5.69 Å². The van der Waals surface area contributed by atoms with Crippen molar-refractivity contribution >= 4 is 30.5 Å². The number of piperazine rings is 1. The fourth-order valence-corrected chi connectivity index (χ4v) is 6.99. The highest BCUT2D eigenvalue weighted by Crippen LogP contribution is 2.55. The molecule has 3 atom stereocenters. The smallest absolute Gasteiger partial charge is 0.127 e. The van der Waals surface area contributed by atoms with Crippen molar-refractivity contribution < 1.29 is 9.47 Å². The Balaban J connectivity index is 0.00000190. The number of hydrogen-bond acceptors (Lipinski definition) is 5. The van der Waals surface area contributed by atoms with Gasteiger partial charge in [0.1, 0.15) is 17.1 Å². The number of ether oxygens (including phenoxy) is 2. The molecule has 37 heavy (non-hydrogen) atoms. The third-order valence-corrected chi connectivity index (χ3v) is 9.01. The first-order chi connectivity index (χ1) is 16.7. The summed E-state index contributed by atoms with van der Waals surface area (Å²) >= 11 is 0. The molecule has 1 N–H and O–H groups in total. The monoisotopic (exact) mass is 549 g/mol. The van der Waals surface area contributed by atoms with Crippen LogP contribution in [0.2, 0.25) is 0 Å². The van der Waals surface area contributed by atoms with Crippen molar-refractivity contribution in [2.24, 2.45) is 5.92 Å². The maximum absolute atomic E-state index is 6.71. The molecule has 0 amide bonds.